The lowest BCUT2D eigenvalue weighted by molar-refractivity contribution is -0.0382. The molecule has 0 unspecified atom stereocenters. The highest BCUT2D eigenvalue weighted by Crippen LogP contribution is 2.40. The van der Waals surface area contributed by atoms with Gasteiger partial charge in [-0.1, -0.05) is 80.5 Å². The van der Waals surface area contributed by atoms with E-state index < -0.39 is 0 Å². The second-order valence-corrected chi connectivity index (χ2v) is 11.3. The van der Waals surface area contributed by atoms with E-state index in [1.165, 1.54) is 5.57 Å². The number of hydrogen-bond donors (Lipinski definition) is 0. The summed E-state index contributed by atoms with van der Waals surface area (Å²) in [5.74, 6) is 0. The first kappa shape index (κ1) is 26.4. The summed E-state index contributed by atoms with van der Waals surface area (Å²) in [7, 11) is 0. The second-order valence-electron chi connectivity index (χ2n) is 11.3. The van der Waals surface area contributed by atoms with Crippen LogP contribution in [0.3, 0.4) is 0 Å². The SMILES string of the molecule is C/C=C\C(=C/C)COCCC(C)(C)CC(C)(C)COCC(C)(C)C(C)(C)C. The molecule has 0 saturated carbocycles. The first-order chi connectivity index (χ1) is 12.2. The lowest BCUT2D eigenvalue weighted by Gasteiger charge is -2.40. The molecule has 0 N–H and O–H groups in total. The summed E-state index contributed by atoms with van der Waals surface area (Å²) in [6, 6.07) is 0. The summed E-state index contributed by atoms with van der Waals surface area (Å²) < 4.78 is 12.1. The van der Waals surface area contributed by atoms with Gasteiger partial charge in [0.2, 0.25) is 0 Å². The molecule has 0 aromatic rings. The lowest BCUT2D eigenvalue weighted by atomic mass is 9.70. The maximum Gasteiger partial charge on any atom is 0.0713 e. The minimum Gasteiger partial charge on any atom is -0.380 e. The van der Waals surface area contributed by atoms with Crippen LogP contribution in [0.15, 0.2) is 23.8 Å². The smallest absolute Gasteiger partial charge is 0.0713 e. The summed E-state index contributed by atoms with van der Waals surface area (Å²) in [4.78, 5) is 0. The first-order valence-corrected chi connectivity index (χ1v) is 10.6. The van der Waals surface area contributed by atoms with Crippen molar-refractivity contribution >= 4 is 0 Å². The van der Waals surface area contributed by atoms with E-state index in [9.17, 15) is 0 Å². The van der Waals surface area contributed by atoms with Gasteiger partial charge in [-0.2, -0.15) is 0 Å². The van der Waals surface area contributed by atoms with Crippen LogP contribution in [0.25, 0.3) is 0 Å². The first-order valence-electron chi connectivity index (χ1n) is 10.6. The van der Waals surface area contributed by atoms with Crippen molar-refractivity contribution in [1.29, 1.82) is 0 Å². The van der Waals surface area contributed by atoms with Crippen LogP contribution in [-0.4, -0.2) is 26.4 Å². The molecule has 0 aliphatic carbocycles. The van der Waals surface area contributed by atoms with Crippen LogP contribution in [0, 0.1) is 21.7 Å². The second kappa shape index (κ2) is 10.8. The number of ether oxygens (including phenoxy) is 2. The van der Waals surface area contributed by atoms with Gasteiger partial charge in [-0.3, -0.25) is 0 Å². The third-order valence-corrected chi connectivity index (χ3v) is 5.89. The molecule has 0 aliphatic rings. The van der Waals surface area contributed by atoms with E-state index in [-0.39, 0.29) is 21.7 Å². The highest BCUT2D eigenvalue weighted by Gasteiger charge is 2.34. The number of allylic oxidation sites excluding steroid dienone is 2. The molecule has 0 spiro atoms. The average molecular weight is 381 g/mol. The number of hydrogen-bond acceptors (Lipinski definition) is 2. The van der Waals surface area contributed by atoms with Gasteiger partial charge in [-0.15, -0.1) is 0 Å². The van der Waals surface area contributed by atoms with E-state index in [2.05, 4.69) is 87.5 Å². The Hall–Kier alpha value is -0.600. The van der Waals surface area contributed by atoms with Crippen LogP contribution < -0.4 is 0 Å². The van der Waals surface area contributed by atoms with Crippen molar-refractivity contribution in [3.63, 3.8) is 0 Å². The van der Waals surface area contributed by atoms with Crippen molar-refractivity contribution in [2.24, 2.45) is 21.7 Å². The lowest BCUT2D eigenvalue weighted by Crippen LogP contribution is -2.36. The molecule has 160 valence electrons. The van der Waals surface area contributed by atoms with Crippen molar-refractivity contribution in [1.82, 2.24) is 0 Å². The highest BCUT2D eigenvalue weighted by molar-refractivity contribution is 5.17. The summed E-state index contributed by atoms with van der Waals surface area (Å²) in [5, 5.41) is 0. The van der Waals surface area contributed by atoms with Crippen molar-refractivity contribution in [3.8, 4) is 0 Å². The van der Waals surface area contributed by atoms with Crippen LogP contribution in [0.2, 0.25) is 0 Å². The molecule has 0 fully saturated rings. The van der Waals surface area contributed by atoms with Gasteiger partial charge in [0, 0.05) is 6.61 Å². The maximum absolute atomic E-state index is 6.19. The predicted molar refractivity (Wildman–Crippen MR) is 120 cm³/mol. The Labute approximate surface area is 170 Å². The van der Waals surface area contributed by atoms with E-state index in [1.807, 2.05) is 6.92 Å². The van der Waals surface area contributed by atoms with Gasteiger partial charge in [0.1, 0.15) is 0 Å². The van der Waals surface area contributed by atoms with Gasteiger partial charge in [-0.25, -0.2) is 0 Å². The normalized spacial score (nSPS) is 15.0. The van der Waals surface area contributed by atoms with Crippen LogP contribution in [0.5, 0.6) is 0 Å². The Bertz CT molecular complexity index is 473. The molecular formula is C25H48O2. The maximum atomic E-state index is 6.19. The van der Waals surface area contributed by atoms with Gasteiger partial charge in [-0.05, 0) is 53.9 Å². The quantitative estimate of drug-likeness (QED) is 0.258. The van der Waals surface area contributed by atoms with Crippen molar-refractivity contribution < 1.29 is 9.47 Å². The van der Waals surface area contributed by atoms with Gasteiger partial charge < -0.3 is 9.47 Å². The Kier molecular flexibility index (Phi) is 10.6. The molecule has 0 radical (unpaired) electrons. The fourth-order valence-electron chi connectivity index (χ4n) is 3.21. The zero-order valence-electron chi connectivity index (χ0n) is 20.3. The van der Waals surface area contributed by atoms with E-state index in [0.29, 0.717) is 6.61 Å². The minimum absolute atomic E-state index is 0.164. The van der Waals surface area contributed by atoms with Crippen LogP contribution in [-0.2, 0) is 9.47 Å². The molecule has 27 heavy (non-hydrogen) atoms. The van der Waals surface area contributed by atoms with Crippen LogP contribution in [0.1, 0.15) is 89.0 Å². The number of rotatable bonds is 12. The summed E-state index contributed by atoms with van der Waals surface area (Å²) in [6.07, 6.45) is 8.49. The van der Waals surface area contributed by atoms with Gasteiger partial charge in [0.25, 0.3) is 0 Å². The van der Waals surface area contributed by atoms with Gasteiger partial charge >= 0.3 is 0 Å². The fraction of sp³-hybridized carbons (Fsp3) is 0.840. The van der Waals surface area contributed by atoms with Crippen molar-refractivity contribution in [3.05, 3.63) is 23.8 Å². The zero-order valence-corrected chi connectivity index (χ0v) is 20.3. The standard InChI is InChI=1S/C25H48O2/c1-12-14-21(13-2)17-26-16-15-23(6,7)18-24(8,9)19-27-20-25(10,11)22(3,4)5/h12-14H,15-20H2,1-11H3/b14-12-,21-13+. The molecule has 2 heteroatoms. The molecule has 0 bridgehead atoms. The monoisotopic (exact) mass is 380 g/mol. The largest absolute Gasteiger partial charge is 0.380 e. The highest BCUT2D eigenvalue weighted by atomic mass is 16.5. The molecule has 0 heterocycles. The minimum atomic E-state index is 0.164. The van der Waals surface area contributed by atoms with E-state index in [0.717, 1.165) is 32.7 Å². The molecule has 0 aromatic heterocycles. The summed E-state index contributed by atoms with van der Waals surface area (Å²) in [5.41, 5.74) is 2.06. The van der Waals surface area contributed by atoms with E-state index >= 15 is 0 Å². The van der Waals surface area contributed by atoms with E-state index in [4.69, 9.17) is 9.47 Å². The Morgan fingerprint density at radius 2 is 1.37 bits per heavy atom. The Morgan fingerprint density at radius 3 is 1.85 bits per heavy atom. The molecule has 0 atom stereocenters. The Morgan fingerprint density at radius 1 is 0.778 bits per heavy atom. The predicted octanol–water partition coefficient (Wildman–Crippen LogP) is 7.45. The summed E-state index contributed by atoms with van der Waals surface area (Å²) >= 11 is 0. The molecule has 0 rings (SSSR count). The van der Waals surface area contributed by atoms with E-state index in [1.54, 1.807) is 0 Å². The molecule has 2 nitrogen and oxygen atoms in total. The zero-order chi connectivity index (χ0) is 21.4. The topological polar surface area (TPSA) is 18.5 Å². The van der Waals surface area contributed by atoms with Crippen molar-refractivity contribution in [2.75, 3.05) is 26.4 Å². The third-order valence-electron chi connectivity index (χ3n) is 5.89. The van der Waals surface area contributed by atoms with Crippen LogP contribution >= 0.6 is 0 Å². The molecule has 0 amide bonds. The molecular weight excluding hydrogens is 332 g/mol. The average Bonchev–Trinajstić information content (AvgIpc) is 2.47. The summed E-state index contributed by atoms with van der Waals surface area (Å²) in [6.45, 7) is 28.0. The molecule has 0 aliphatic heterocycles. The third kappa shape index (κ3) is 11.1. The Balaban J connectivity index is 4.40. The van der Waals surface area contributed by atoms with Crippen LogP contribution in [0.4, 0.5) is 0 Å². The van der Waals surface area contributed by atoms with Crippen molar-refractivity contribution in [2.45, 2.75) is 89.0 Å². The van der Waals surface area contributed by atoms with Gasteiger partial charge in [0.15, 0.2) is 0 Å². The van der Waals surface area contributed by atoms with Gasteiger partial charge in [0.05, 0.1) is 19.8 Å². The fourth-order valence-corrected chi connectivity index (χ4v) is 3.21. The molecule has 0 aromatic carbocycles. The molecule has 0 saturated heterocycles.